The van der Waals surface area contributed by atoms with Crippen molar-refractivity contribution >= 4 is 12.2 Å². The zero-order valence-electron chi connectivity index (χ0n) is 10.3. The summed E-state index contributed by atoms with van der Waals surface area (Å²) in [4.78, 5) is 26.5. The molecule has 0 aromatic carbocycles. The van der Waals surface area contributed by atoms with Crippen LogP contribution >= 0.6 is 0 Å². The van der Waals surface area contributed by atoms with Crippen LogP contribution < -0.4 is 10.8 Å². The summed E-state index contributed by atoms with van der Waals surface area (Å²) >= 11 is 0. The van der Waals surface area contributed by atoms with Gasteiger partial charge in [-0.3, -0.25) is 0 Å². The van der Waals surface area contributed by atoms with Crippen LogP contribution in [0.1, 0.15) is 40.5 Å². The second-order valence-corrected chi connectivity index (χ2v) is 4.27. The van der Waals surface area contributed by atoms with E-state index in [1.165, 1.54) is 0 Å². The Balaban J connectivity index is 3.63. The van der Waals surface area contributed by atoms with Gasteiger partial charge >= 0.3 is 12.2 Å². The van der Waals surface area contributed by atoms with Crippen molar-refractivity contribution in [1.29, 1.82) is 0 Å². The number of hydrogen-bond acceptors (Lipinski definition) is 4. The average Bonchev–Trinajstić information content (AvgIpc) is 2.12. The molecule has 0 aliphatic heterocycles. The number of rotatable bonds is 3. The van der Waals surface area contributed by atoms with E-state index in [1.807, 2.05) is 12.4 Å². The van der Waals surface area contributed by atoms with Crippen LogP contribution in [0.15, 0.2) is 0 Å². The van der Waals surface area contributed by atoms with E-state index < -0.39 is 17.8 Å². The van der Waals surface area contributed by atoms with Crippen molar-refractivity contribution in [3.05, 3.63) is 0 Å². The predicted molar refractivity (Wildman–Crippen MR) is 58.8 cm³/mol. The van der Waals surface area contributed by atoms with Crippen molar-refractivity contribution in [2.24, 2.45) is 0 Å². The van der Waals surface area contributed by atoms with Gasteiger partial charge in [-0.05, 0) is 27.2 Å². The molecule has 0 aromatic heterocycles. The van der Waals surface area contributed by atoms with Gasteiger partial charge < -0.3 is 14.9 Å². The fraction of sp³-hybridized carbons (Fsp3) is 0.800. The molecule has 94 valence electrons. The van der Waals surface area contributed by atoms with Gasteiger partial charge in [-0.15, -0.1) is 5.48 Å². The highest BCUT2D eigenvalue weighted by molar-refractivity contribution is 5.71. The molecule has 0 aromatic rings. The number of hydrogen-bond donors (Lipinski definition) is 2. The molecule has 0 unspecified atom stereocenters. The monoisotopic (exact) mass is 232 g/mol. The first-order chi connectivity index (χ1) is 7.35. The number of ether oxygens (including phenoxy) is 1. The minimum absolute atomic E-state index is 0.519. The van der Waals surface area contributed by atoms with Gasteiger partial charge in [-0.25, -0.2) is 9.59 Å². The molecule has 0 aliphatic carbocycles. The summed E-state index contributed by atoms with van der Waals surface area (Å²) < 4.78 is 4.86. The molecular weight excluding hydrogens is 212 g/mol. The maximum Gasteiger partial charge on any atom is 0.441 e. The van der Waals surface area contributed by atoms with Gasteiger partial charge in [0.2, 0.25) is 0 Å². The molecule has 0 heterocycles. The number of unbranched alkanes of at least 4 members (excludes halogenated alkanes) is 1. The lowest BCUT2D eigenvalue weighted by Gasteiger charge is -2.19. The molecule has 0 aliphatic rings. The van der Waals surface area contributed by atoms with Crippen LogP contribution in [-0.4, -0.2) is 24.3 Å². The van der Waals surface area contributed by atoms with E-state index in [4.69, 9.17) is 4.74 Å². The van der Waals surface area contributed by atoms with Crippen LogP contribution in [0.25, 0.3) is 0 Å². The normalized spacial score (nSPS) is 10.5. The summed E-state index contributed by atoms with van der Waals surface area (Å²) in [6, 6.07) is 0. The van der Waals surface area contributed by atoms with E-state index >= 15 is 0 Å². The summed E-state index contributed by atoms with van der Waals surface area (Å²) in [5, 5.41) is 2.47. The van der Waals surface area contributed by atoms with Crippen LogP contribution in [0, 0.1) is 0 Å². The zero-order valence-corrected chi connectivity index (χ0v) is 10.3. The first-order valence-corrected chi connectivity index (χ1v) is 5.29. The van der Waals surface area contributed by atoms with Crippen LogP contribution in [0.2, 0.25) is 0 Å². The van der Waals surface area contributed by atoms with Crippen LogP contribution in [-0.2, 0) is 9.57 Å². The van der Waals surface area contributed by atoms with E-state index in [1.54, 1.807) is 20.8 Å². The second kappa shape index (κ2) is 6.92. The van der Waals surface area contributed by atoms with Gasteiger partial charge in [-0.1, -0.05) is 13.3 Å². The molecule has 0 atom stereocenters. The highest BCUT2D eigenvalue weighted by Crippen LogP contribution is 2.06. The zero-order chi connectivity index (χ0) is 12.6. The van der Waals surface area contributed by atoms with Gasteiger partial charge in [0.15, 0.2) is 0 Å². The number of amides is 2. The molecular formula is C10H20N2O4. The second-order valence-electron chi connectivity index (χ2n) is 4.27. The van der Waals surface area contributed by atoms with Crippen molar-refractivity contribution in [1.82, 2.24) is 10.8 Å². The fourth-order valence-electron chi connectivity index (χ4n) is 0.790. The van der Waals surface area contributed by atoms with E-state index in [-0.39, 0.29) is 0 Å². The molecule has 0 rings (SSSR count). The molecule has 0 radical (unpaired) electrons. The van der Waals surface area contributed by atoms with E-state index in [2.05, 4.69) is 10.2 Å². The van der Waals surface area contributed by atoms with Crippen LogP contribution in [0.3, 0.4) is 0 Å². The quantitative estimate of drug-likeness (QED) is 0.576. The summed E-state index contributed by atoms with van der Waals surface area (Å²) in [7, 11) is 0. The number of carbonyl (C=O) groups is 2. The number of hydroxylamine groups is 1. The summed E-state index contributed by atoms with van der Waals surface area (Å²) in [6.07, 6.45) is 0.346. The Hall–Kier alpha value is -1.46. The molecule has 2 amide bonds. The van der Waals surface area contributed by atoms with Crippen molar-refractivity contribution in [2.75, 3.05) is 6.54 Å². The Morgan fingerprint density at radius 3 is 2.31 bits per heavy atom. The van der Waals surface area contributed by atoms with Gasteiger partial charge in [-0.2, -0.15) is 0 Å². The third-order valence-electron chi connectivity index (χ3n) is 1.43. The largest absolute Gasteiger partial charge is 0.442 e. The number of nitrogens with one attached hydrogen (secondary N) is 2. The summed E-state index contributed by atoms with van der Waals surface area (Å²) in [6.45, 7) is 7.67. The lowest BCUT2D eigenvalue weighted by molar-refractivity contribution is 0.0147. The fourth-order valence-corrected chi connectivity index (χ4v) is 0.790. The minimum atomic E-state index is -0.793. The van der Waals surface area contributed by atoms with Gasteiger partial charge in [0, 0.05) is 6.54 Å². The predicted octanol–water partition coefficient (Wildman–Crippen LogP) is 1.95. The average molecular weight is 232 g/mol. The first kappa shape index (κ1) is 14.5. The van der Waals surface area contributed by atoms with E-state index in [9.17, 15) is 9.59 Å². The van der Waals surface area contributed by atoms with Gasteiger partial charge in [0.1, 0.15) is 5.60 Å². The molecule has 16 heavy (non-hydrogen) atoms. The van der Waals surface area contributed by atoms with E-state index in [0.29, 0.717) is 6.54 Å². The van der Waals surface area contributed by atoms with Gasteiger partial charge in [0.25, 0.3) is 0 Å². The Labute approximate surface area is 95.6 Å². The maximum absolute atomic E-state index is 11.1. The SMILES string of the molecule is CCCCNC(=O)ONC(=O)OC(C)(C)C. The molecule has 2 N–H and O–H groups in total. The van der Waals surface area contributed by atoms with Crippen molar-refractivity contribution in [3.63, 3.8) is 0 Å². The highest BCUT2D eigenvalue weighted by Gasteiger charge is 2.17. The lowest BCUT2D eigenvalue weighted by Crippen LogP contribution is -2.37. The molecule has 6 heteroatoms. The molecule has 0 saturated heterocycles. The summed E-state index contributed by atoms with van der Waals surface area (Å²) in [5.74, 6) is 0. The Morgan fingerprint density at radius 1 is 1.19 bits per heavy atom. The van der Waals surface area contributed by atoms with Crippen molar-refractivity contribution in [3.8, 4) is 0 Å². The highest BCUT2D eigenvalue weighted by atomic mass is 16.7. The number of carbonyl (C=O) groups excluding carboxylic acids is 2. The first-order valence-electron chi connectivity index (χ1n) is 5.29. The Morgan fingerprint density at radius 2 is 1.81 bits per heavy atom. The molecule has 0 spiro atoms. The van der Waals surface area contributed by atoms with E-state index in [0.717, 1.165) is 12.8 Å². The standard InChI is InChI=1S/C10H20N2O4/c1-5-6-7-11-8(13)16-12-9(14)15-10(2,3)4/h5-7H2,1-4H3,(H,11,13)(H,12,14). The molecule has 0 fully saturated rings. The Bertz CT molecular complexity index is 235. The molecule has 0 saturated carbocycles. The van der Waals surface area contributed by atoms with Gasteiger partial charge in [0.05, 0.1) is 0 Å². The molecule has 6 nitrogen and oxygen atoms in total. The third-order valence-corrected chi connectivity index (χ3v) is 1.43. The smallest absolute Gasteiger partial charge is 0.441 e. The Kier molecular flexibility index (Phi) is 6.29. The van der Waals surface area contributed by atoms with Crippen LogP contribution in [0.5, 0.6) is 0 Å². The van der Waals surface area contributed by atoms with Crippen molar-refractivity contribution in [2.45, 2.75) is 46.1 Å². The molecule has 0 bridgehead atoms. The van der Waals surface area contributed by atoms with Crippen molar-refractivity contribution < 1.29 is 19.2 Å². The topological polar surface area (TPSA) is 76.7 Å². The minimum Gasteiger partial charge on any atom is -0.442 e. The summed E-state index contributed by atoms with van der Waals surface area (Å²) in [5.41, 5.74) is 1.27. The van der Waals surface area contributed by atoms with Crippen LogP contribution in [0.4, 0.5) is 9.59 Å². The lowest BCUT2D eigenvalue weighted by atomic mass is 10.2. The third kappa shape index (κ3) is 9.11. The maximum atomic E-state index is 11.1.